The number of aliphatic hydroxyl groups is 2. The average Bonchev–Trinajstić information content (AvgIpc) is 2.79. The molecule has 0 amide bonds. The number of Topliss-reactive ketones (excluding diaryl/α,β-unsaturated/α-hetero) is 1. The molecule has 2 saturated carbocycles. The summed E-state index contributed by atoms with van der Waals surface area (Å²) in [6.45, 7) is 4.80. The first-order valence-corrected chi connectivity index (χ1v) is 7.42. The van der Waals surface area contributed by atoms with Crippen LogP contribution in [0.4, 0.5) is 0 Å². The maximum absolute atomic E-state index is 12.6. The van der Waals surface area contributed by atoms with Gasteiger partial charge in [-0.1, -0.05) is 13.8 Å². The van der Waals surface area contributed by atoms with Gasteiger partial charge in [0.1, 0.15) is 12.2 Å². The second kappa shape index (κ2) is 3.34. The van der Waals surface area contributed by atoms with Gasteiger partial charge in [0, 0.05) is 18.3 Å². The topological polar surface area (TPSA) is 93.1 Å². The lowest BCUT2D eigenvalue weighted by atomic mass is 9.45. The molecule has 7 atom stereocenters. The van der Waals surface area contributed by atoms with Gasteiger partial charge in [0.05, 0.1) is 17.1 Å². The van der Waals surface area contributed by atoms with E-state index in [9.17, 15) is 19.8 Å². The highest BCUT2D eigenvalue weighted by Gasteiger charge is 2.84. The van der Waals surface area contributed by atoms with Crippen molar-refractivity contribution in [3.8, 4) is 0 Å². The van der Waals surface area contributed by atoms with Gasteiger partial charge in [0.2, 0.25) is 0 Å². The zero-order chi connectivity index (χ0) is 15.4. The number of hydrogen-bond acceptors (Lipinski definition) is 6. The minimum Gasteiger partial charge on any atom is -0.463 e. The molecule has 6 nitrogen and oxygen atoms in total. The molecule has 2 aliphatic heterocycles. The summed E-state index contributed by atoms with van der Waals surface area (Å²) in [6.07, 6.45) is -0.935. The van der Waals surface area contributed by atoms with Crippen molar-refractivity contribution in [2.24, 2.45) is 16.7 Å². The number of carbonyl (C=O) groups is 2. The second-order valence-electron chi connectivity index (χ2n) is 7.56. The van der Waals surface area contributed by atoms with E-state index in [0.29, 0.717) is 6.42 Å². The summed E-state index contributed by atoms with van der Waals surface area (Å²) in [4.78, 5) is 24.9. The largest absolute Gasteiger partial charge is 0.463 e. The molecule has 116 valence electrons. The van der Waals surface area contributed by atoms with E-state index in [1.54, 1.807) is 6.92 Å². The highest BCUT2D eigenvalue weighted by Crippen LogP contribution is 2.72. The smallest absolute Gasteiger partial charge is 0.336 e. The van der Waals surface area contributed by atoms with Crippen molar-refractivity contribution in [2.75, 3.05) is 6.61 Å². The lowest BCUT2D eigenvalue weighted by Gasteiger charge is -2.61. The molecule has 2 aliphatic carbocycles. The molecule has 0 aromatic rings. The van der Waals surface area contributed by atoms with Crippen molar-refractivity contribution in [3.05, 3.63) is 0 Å². The van der Waals surface area contributed by atoms with Crippen LogP contribution in [0, 0.1) is 16.7 Å². The number of fused-ring (bicyclic) bond motifs is 1. The molecule has 1 spiro atoms. The van der Waals surface area contributed by atoms with Crippen molar-refractivity contribution < 1.29 is 29.3 Å². The Labute approximate surface area is 122 Å². The SMILES string of the molecule is C[C@@H]1[C@@H]2C[C@]3(O)[C@]4(C)COC(=O)C(O2)[C@]13CC(=O)[C@]4(C)O. The van der Waals surface area contributed by atoms with Gasteiger partial charge in [-0.2, -0.15) is 0 Å². The number of carbonyl (C=O) groups excluding carboxylic acids is 2. The molecule has 4 fully saturated rings. The second-order valence-corrected chi connectivity index (χ2v) is 7.56. The Hall–Kier alpha value is -0.980. The normalized spacial score (nSPS) is 61.7. The van der Waals surface area contributed by atoms with Crippen LogP contribution in [0.3, 0.4) is 0 Å². The Kier molecular flexibility index (Phi) is 2.17. The maximum Gasteiger partial charge on any atom is 0.336 e. The summed E-state index contributed by atoms with van der Waals surface area (Å²) in [5.74, 6) is -1.01. The standard InChI is InChI=1S/C15H20O6/c1-7-8-4-15(19)12(2)6-20-11(17)10(21-8)14(7,15)5-9(16)13(12,3)18/h7-8,10,18-19H,4-6H2,1-3H3/t7-,8+,10?,12-,13+,14+,15+/m1/s1. The Morgan fingerprint density at radius 1 is 1.24 bits per heavy atom. The first kappa shape index (κ1) is 13.7. The van der Waals surface area contributed by atoms with Gasteiger partial charge in [-0.25, -0.2) is 4.79 Å². The van der Waals surface area contributed by atoms with E-state index in [2.05, 4.69) is 0 Å². The number of hydrogen-bond donors (Lipinski definition) is 2. The van der Waals surface area contributed by atoms with Crippen molar-refractivity contribution in [1.82, 2.24) is 0 Å². The summed E-state index contributed by atoms with van der Waals surface area (Å²) in [5.41, 5.74) is -5.30. The Balaban J connectivity index is 2.04. The molecule has 21 heavy (non-hydrogen) atoms. The van der Waals surface area contributed by atoms with Gasteiger partial charge >= 0.3 is 5.97 Å². The van der Waals surface area contributed by atoms with E-state index in [4.69, 9.17) is 9.47 Å². The van der Waals surface area contributed by atoms with Crippen LogP contribution in [-0.4, -0.2) is 52.0 Å². The third-order valence-electron chi connectivity index (χ3n) is 7.12. The van der Waals surface area contributed by atoms with E-state index < -0.39 is 34.1 Å². The third-order valence-corrected chi connectivity index (χ3v) is 7.12. The fourth-order valence-corrected chi connectivity index (χ4v) is 5.39. The maximum atomic E-state index is 12.6. The first-order chi connectivity index (χ1) is 9.62. The highest BCUT2D eigenvalue weighted by atomic mass is 16.6. The van der Waals surface area contributed by atoms with Gasteiger partial charge < -0.3 is 19.7 Å². The molecule has 4 aliphatic rings. The fourth-order valence-electron chi connectivity index (χ4n) is 5.39. The molecule has 3 bridgehead atoms. The number of esters is 1. The summed E-state index contributed by atoms with van der Waals surface area (Å²) in [6, 6.07) is 0. The average molecular weight is 296 g/mol. The molecule has 0 radical (unpaired) electrons. The molecule has 4 rings (SSSR count). The van der Waals surface area contributed by atoms with Crippen LogP contribution in [0.1, 0.15) is 33.6 Å². The monoisotopic (exact) mass is 296 g/mol. The molecule has 0 aromatic heterocycles. The van der Waals surface area contributed by atoms with E-state index in [1.807, 2.05) is 6.92 Å². The minimum atomic E-state index is -1.73. The Morgan fingerprint density at radius 3 is 2.57 bits per heavy atom. The zero-order valence-corrected chi connectivity index (χ0v) is 12.4. The predicted octanol–water partition coefficient (Wildman–Crippen LogP) is -0.202. The molecule has 0 aromatic carbocycles. The molecule has 2 saturated heterocycles. The van der Waals surface area contributed by atoms with Gasteiger partial charge in [-0.15, -0.1) is 0 Å². The van der Waals surface area contributed by atoms with Crippen molar-refractivity contribution in [2.45, 2.75) is 57.0 Å². The fraction of sp³-hybridized carbons (Fsp3) is 0.867. The van der Waals surface area contributed by atoms with E-state index in [0.717, 1.165) is 0 Å². The molecule has 1 unspecified atom stereocenters. The van der Waals surface area contributed by atoms with E-state index in [-0.39, 0.29) is 30.8 Å². The van der Waals surface area contributed by atoms with Crippen LogP contribution >= 0.6 is 0 Å². The van der Waals surface area contributed by atoms with E-state index >= 15 is 0 Å². The third kappa shape index (κ3) is 1.06. The van der Waals surface area contributed by atoms with Crippen LogP contribution in [0.5, 0.6) is 0 Å². The van der Waals surface area contributed by atoms with Crippen LogP contribution < -0.4 is 0 Å². The molecular weight excluding hydrogens is 276 g/mol. The first-order valence-electron chi connectivity index (χ1n) is 7.42. The molecule has 6 heteroatoms. The molecule has 2 N–H and O–H groups in total. The van der Waals surface area contributed by atoms with Crippen molar-refractivity contribution in [3.63, 3.8) is 0 Å². The van der Waals surface area contributed by atoms with Crippen LogP contribution in [-0.2, 0) is 19.1 Å². The van der Waals surface area contributed by atoms with Crippen LogP contribution in [0.2, 0.25) is 0 Å². The number of ether oxygens (including phenoxy) is 2. The van der Waals surface area contributed by atoms with Crippen molar-refractivity contribution >= 4 is 11.8 Å². The van der Waals surface area contributed by atoms with Crippen molar-refractivity contribution in [1.29, 1.82) is 0 Å². The summed E-state index contributed by atoms with van der Waals surface area (Å²) >= 11 is 0. The predicted molar refractivity (Wildman–Crippen MR) is 69.1 cm³/mol. The van der Waals surface area contributed by atoms with Gasteiger partial charge in [0.25, 0.3) is 0 Å². The van der Waals surface area contributed by atoms with Gasteiger partial charge in [-0.3, -0.25) is 4.79 Å². The Morgan fingerprint density at radius 2 is 1.90 bits per heavy atom. The molecular formula is C15H20O6. The lowest BCUT2D eigenvalue weighted by molar-refractivity contribution is -0.268. The highest BCUT2D eigenvalue weighted by molar-refractivity contribution is 5.92. The Bertz CT molecular complexity index is 571. The minimum absolute atomic E-state index is 0.0521. The number of rotatable bonds is 0. The zero-order valence-electron chi connectivity index (χ0n) is 12.4. The number of ketones is 1. The lowest BCUT2D eigenvalue weighted by Crippen LogP contribution is -2.75. The van der Waals surface area contributed by atoms with Gasteiger partial charge in [0.15, 0.2) is 11.9 Å². The summed E-state index contributed by atoms with van der Waals surface area (Å²) in [5, 5.41) is 22.3. The van der Waals surface area contributed by atoms with E-state index in [1.165, 1.54) is 6.92 Å². The summed E-state index contributed by atoms with van der Waals surface area (Å²) < 4.78 is 11.1. The number of cyclic esters (lactones) is 1. The van der Waals surface area contributed by atoms with Crippen LogP contribution in [0.15, 0.2) is 0 Å². The summed E-state index contributed by atoms with van der Waals surface area (Å²) in [7, 11) is 0. The molecule has 2 heterocycles. The van der Waals surface area contributed by atoms with Crippen LogP contribution in [0.25, 0.3) is 0 Å². The quantitative estimate of drug-likeness (QED) is 0.601. The van der Waals surface area contributed by atoms with Gasteiger partial charge in [-0.05, 0) is 12.8 Å².